The lowest BCUT2D eigenvalue weighted by Crippen LogP contribution is -2.23. The van der Waals surface area contributed by atoms with Gasteiger partial charge in [0.05, 0.1) is 0 Å². The predicted molar refractivity (Wildman–Crippen MR) is 53.9 cm³/mol. The summed E-state index contributed by atoms with van der Waals surface area (Å²) >= 11 is 0. The molecule has 2 atom stereocenters. The second kappa shape index (κ2) is 8.06. The van der Waals surface area contributed by atoms with Crippen molar-refractivity contribution >= 4 is 11.9 Å². The molecule has 0 radical (unpaired) electrons. The number of esters is 2. The lowest BCUT2D eigenvalue weighted by atomic mass is 10.5. The van der Waals surface area contributed by atoms with Gasteiger partial charge in [-0.05, 0) is 0 Å². The summed E-state index contributed by atoms with van der Waals surface area (Å²) in [4.78, 5) is 31.1. The Bertz CT molecular complexity index is 203. The van der Waals surface area contributed by atoms with Crippen molar-refractivity contribution in [3.05, 3.63) is 0 Å². The van der Waals surface area contributed by atoms with Gasteiger partial charge in [0.2, 0.25) is 12.6 Å². The summed E-state index contributed by atoms with van der Waals surface area (Å²) in [6.45, 7) is 6.34. The van der Waals surface area contributed by atoms with Gasteiger partial charge in [0, 0.05) is 26.7 Å². The van der Waals surface area contributed by atoms with E-state index in [1.807, 2.05) is 0 Å². The van der Waals surface area contributed by atoms with Crippen molar-refractivity contribution in [2.45, 2.75) is 53.1 Å². The Labute approximate surface area is 94.7 Å². The van der Waals surface area contributed by atoms with E-state index in [0.717, 1.165) is 0 Å². The van der Waals surface area contributed by atoms with E-state index in [2.05, 4.69) is 0 Å². The lowest BCUT2D eigenvalue weighted by molar-refractivity contribution is -0.415. The lowest BCUT2D eigenvalue weighted by Gasteiger charge is -2.16. The van der Waals surface area contributed by atoms with Crippen LogP contribution in [0.1, 0.15) is 40.5 Å². The van der Waals surface area contributed by atoms with E-state index < -0.39 is 24.5 Å². The third-order valence-corrected chi connectivity index (χ3v) is 1.50. The van der Waals surface area contributed by atoms with Gasteiger partial charge in [0.1, 0.15) is 0 Å². The van der Waals surface area contributed by atoms with Crippen LogP contribution in [-0.4, -0.2) is 24.5 Å². The molecule has 0 spiro atoms. The summed E-state index contributed by atoms with van der Waals surface area (Å²) in [6, 6.07) is 0. The molecule has 0 amide bonds. The third kappa shape index (κ3) is 7.19. The first-order valence-electron chi connectivity index (χ1n) is 5.20. The zero-order valence-electron chi connectivity index (χ0n) is 10.0. The number of ether oxygens (including phenoxy) is 2. The smallest absolute Gasteiger partial charge is 0.307 e. The number of carbonyl (C=O) groups is 2. The van der Waals surface area contributed by atoms with Crippen LogP contribution in [-0.2, 0) is 28.8 Å². The molecule has 0 aromatic rings. The summed E-state index contributed by atoms with van der Waals surface area (Å²) in [7, 11) is 0. The molecule has 0 bridgehead atoms. The molecule has 16 heavy (non-hydrogen) atoms. The van der Waals surface area contributed by atoms with E-state index in [1.165, 1.54) is 13.8 Å². The van der Waals surface area contributed by atoms with Gasteiger partial charge in [-0.25, -0.2) is 0 Å². The predicted octanol–water partition coefficient (Wildman–Crippen LogP) is 1.53. The van der Waals surface area contributed by atoms with Gasteiger partial charge < -0.3 is 9.47 Å². The van der Waals surface area contributed by atoms with Crippen molar-refractivity contribution in [2.24, 2.45) is 0 Å². The highest BCUT2D eigenvalue weighted by Crippen LogP contribution is 2.02. The maximum atomic E-state index is 10.8. The van der Waals surface area contributed by atoms with E-state index in [0.29, 0.717) is 0 Å². The zero-order chi connectivity index (χ0) is 12.6. The normalized spacial score (nSPS) is 14.0. The van der Waals surface area contributed by atoms with Gasteiger partial charge >= 0.3 is 11.9 Å². The minimum absolute atomic E-state index is 0.258. The summed E-state index contributed by atoms with van der Waals surface area (Å²) < 4.78 is 9.51. The van der Waals surface area contributed by atoms with E-state index in [4.69, 9.17) is 19.2 Å². The Morgan fingerprint density at radius 3 is 1.44 bits per heavy atom. The summed E-state index contributed by atoms with van der Waals surface area (Å²) in [5, 5.41) is 0. The molecule has 6 nitrogen and oxygen atoms in total. The van der Waals surface area contributed by atoms with Crippen molar-refractivity contribution in [1.82, 2.24) is 0 Å². The Kier molecular flexibility index (Phi) is 7.49. The van der Waals surface area contributed by atoms with Gasteiger partial charge in [0.15, 0.2) is 0 Å². The first-order chi connectivity index (χ1) is 7.49. The van der Waals surface area contributed by atoms with Gasteiger partial charge in [-0.15, -0.1) is 0 Å². The molecule has 0 rings (SSSR count). The number of rotatable bonds is 7. The van der Waals surface area contributed by atoms with Crippen molar-refractivity contribution < 1.29 is 28.8 Å². The number of hydrogen-bond acceptors (Lipinski definition) is 6. The third-order valence-electron chi connectivity index (χ3n) is 1.50. The quantitative estimate of drug-likeness (QED) is 0.288. The van der Waals surface area contributed by atoms with E-state index in [9.17, 15) is 9.59 Å². The molecule has 0 heterocycles. The Morgan fingerprint density at radius 2 is 1.19 bits per heavy atom. The topological polar surface area (TPSA) is 71.1 Å². The molecule has 0 saturated heterocycles. The van der Waals surface area contributed by atoms with Crippen molar-refractivity contribution in [1.29, 1.82) is 0 Å². The summed E-state index contributed by atoms with van der Waals surface area (Å²) in [5.41, 5.74) is 0. The average molecular weight is 234 g/mol. The van der Waals surface area contributed by atoms with Crippen LogP contribution in [0.5, 0.6) is 0 Å². The van der Waals surface area contributed by atoms with E-state index >= 15 is 0 Å². The fraction of sp³-hybridized carbons (Fsp3) is 0.800. The molecule has 0 saturated carbocycles. The van der Waals surface area contributed by atoms with Crippen LogP contribution in [0.15, 0.2) is 0 Å². The second-order valence-electron chi connectivity index (χ2n) is 3.01. The molecule has 94 valence electrons. The average Bonchev–Trinajstić information content (AvgIpc) is 2.26. The van der Waals surface area contributed by atoms with Crippen molar-refractivity contribution in [3.63, 3.8) is 0 Å². The second-order valence-corrected chi connectivity index (χ2v) is 3.01. The molecule has 0 aliphatic heterocycles. The van der Waals surface area contributed by atoms with Gasteiger partial charge in [0.25, 0.3) is 0 Å². The van der Waals surface area contributed by atoms with Crippen LogP contribution in [0.4, 0.5) is 0 Å². The Morgan fingerprint density at radius 1 is 0.875 bits per heavy atom. The van der Waals surface area contributed by atoms with Crippen molar-refractivity contribution in [3.8, 4) is 0 Å². The van der Waals surface area contributed by atoms with Crippen LogP contribution in [0, 0.1) is 0 Å². The summed E-state index contributed by atoms with van der Waals surface area (Å²) in [6.07, 6.45) is -1.16. The number of hydrogen-bond donors (Lipinski definition) is 0. The molecule has 0 aliphatic rings. The van der Waals surface area contributed by atoms with E-state index in [1.54, 1.807) is 13.8 Å². The standard InChI is InChI=1S/C10H18O6/c1-5-9(11)13-7(3)15-16-8(4)14-10(12)6-2/h7-8H,5-6H2,1-4H3. The fourth-order valence-corrected chi connectivity index (χ4v) is 0.733. The highest BCUT2D eigenvalue weighted by atomic mass is 17.2. The highest BCUT2D eigenvalue weighted by molar-refractivity contribution is 5.69. The molecule has 2 unspecified atom stereocenters. The first kappa shape index (κ1) is 14.9. The van der Waals surface area contributed by atoms with Gasteiger partial charge in [-0.1, -0.05) is 13.8 Å². The molecule has 0 aromatic heterocycles. The maximum absolute atomic E-state index is 10.8. The molecule has 0 aromatic carbocycles. The largest absolute Gasteiger partial charge is 0.433 e. The van der Waals surface area contributed by atoms with Crippen LogP contribution in [0.3, 0.4) is 0 Å². The fourth-order valence-electron chi connectivity index (χ4n) is 0.733. The molecule has 6 heteroatoms. The number of carbonyl (C=O) groups excluding carboxylic acids is 2. The van der Waals surface area contributed by atoms with Crippen LogP contribution in [0.2, 0.25) is 0 Å². The van der Waals surface area contributed by atoms with Gasteiger partial charge in [-0.3, -0.25) is 9.59 Å². The van der Waals surface area contributed by atoms with Gasteiger partial charge in [-0.2, -0.15) is 9.78 Å². The minimum Gasteiger partial charge on any atom is -0.433 e. The maximum Gasteiger partial charge on any atom is 0.307 e. The van der Waals surface area contributed by atoms with Crippen LogP contribution >= 0.6 is 0 Å². The summed E-state index contributed by atoms with van der Waals surface area (Å²) in [5.74, 6) is -0.788. The highest BCUT2D eigenvalue weighted by Gasteiger charge is 2.13. The van der Waals surface area contributed by atoms with Crippen molar-refractivity contribution in [2.75, 3.05) is 0 Å². The molecule has 0 N–H and O–H groups in total. The van der Waals surface area contributed by atoms with Crippen LogP contribution in [0.25, 0.3) is 0 Å². The molecular formula is C10H18O6. The minimum atomic E-state index is -0.838. The van der Waals surface area contributed by atoms with E-state index in [-0.39, 0.29) is 12.8 Å². The molecule has 0 fully saturated rings. The zero-order valence-corrected chi connectivity index (χ0v) is 10.0. The molecular weight excluding hydrogens is 216 g/mol. The Hall–Kier alpha value is -1.14. The Balaban J connectivity index is 3.70. The molecule has 0 aliphatic carbocycles. The monoisotopic (exact) mass is 234 g/mol. The first-order valence-corrected chi connectivity index (χ1v) is 5.20. The van der Waals surface area contributed by atoms with Crippen LogP contribution < -0.4 is 0 Å². The SMILES string of the molecule is CCC(=O)OC(C)OOC(C)OC(=O)CC.